The highest BCUT2D eigenvalue weighted by Crippen LogP contribution is 2.48. The van der Waals surface area contributed by atoms with Gasteiger partial charge in [-0.1, -0.05) is 218 Å². The zero-order chi connectivity index (χ0) is 45.0. The van der Waals surface area contributed by atoms with Gasteiger partial charge in [-0.05, 0) is 114 Å². The van der Waals surface area contributed by atoms with Gasteiger partial charge in [0.25, 0.3) is 0 Å². The second kappa shape index (κ2) is 16.5. The minimum absolute atomic E-state index is 1.07. The van der Waals surface area contributed by atoms with E-state index in [-0.39, 0.29) is 0 Å². The van der Waals surface area contributed by atoms with Crippen molar-refractivity contribution in [1.82, 2.24) is 4.57 Å². The first kappa shape index (κ1) is 39.4. The maximum atomic E-state index is 2.50. The van der Waals surface area contributed by atoms with Gasteiger partial charge in [0.1, 0.15) is 0 Å². The van der Waals surface area contributed by atoms with E-state index in [1.807, 2.05) is 0 Å². The third-order valence-corrected chi connectivity index (χ3v) is 13.8. The van der Waals surface area contributed by atoms with Crippen LogP contribution in [-0.2, 0) is 0 Å². The Labute approximate surface area is 395 Å². The zero-order valence-corrected chi connectivity index (χ0v) is 37.3. The first-order chi connectivity index (χ1) is 33.8. The number of para-hydroxylation sites is 4. The second-order valence-electron chi connectivity index (χ2n) is 17.6. The molecule has 1 heterocycles. The standard InChI is InChI=1S/C66H44N2/c1-3-19-45(20-4-1)55-33-16-22-47-23-17-35-61(66(47)55)59-31-11-14-38-64(59)68(51-27-15-24-48(43-51)53-32-18-34-56-52-28-8-7-21-46(52)39-41-57(53)56)62-36-12-9-29-54(62)49-40-42-60-58-30-10-13-37-63(58)67(65(60)44-49)50-25-5-2-6-26-50/h1-44H. The fourth-order valence-corrected chi connectivity index (χ4v) is 10.7. The number of hydrogen-bond donors (Lipinski definition) is 0. The van der Waals surface area contributed by atoms with Crippen LogP contribution in [0.1, 0.15) is 0 Å². The number of aromatic nitrogens is 1. The predicted molar refractivity (Wildman–Crippen MR) is 290 cm³/mol. The number of hydrogen-bond acceptors (Lipinski definition) is 1. The SMILES string of the molecule is c1ccc(-c2cccc3cccc(-c4ccccc4N(c4cccc(-c5cccc6c5ccc5ccccc56)c4)c4ccccc4-c4ccc5c6ccccc6n(-c6ccccc6)c5c4)c23)cc1. The quantitative estimate of drug-likeness (QED) is 0.138. The van der Waals surface area contributed by atoms with E-state index in [0.717, 1.165) is 45.0 Å². The molecule has 318 valence electrons. The molecular weight excluding hydrogens is 821 g/mol. The van der Waals surface area contributed by atoms with Crippen molar-refractivity contribution in [2.45, 2.75) is 0 Å². The number of anilines is 3. The Balaban J connectivity index is 1.06. The van der Waals surface area contributed by atoms with Crippen molar-refractivity contribution in [3.05, 3.63) is 267 Å². The van der Waals surface area contributed by atoms with Gasteiger partial charge in [0.15, 0.2) is 0 Å². The number of rotatable bonds is 8. The van der Waals surface area contributed by atoms with E-state index in [4.69, 9.17) is 0 Å². The molecule has 2 nitrogen and oxygen atoms in total. The summed E-state index contributed by atoms with van der Waals surface area (Å²) in [6, 6.07) is 97.7. The maximum Gasteiger partial charge on any atom is 0.0547 e. The molecule has 0 atom stereocenters. The third-order valence-electron chi connectivity index (χ3n) is 13.8. The normalized spacial score (nSPS) is 11.5. The lowest BCUT2D eigenvalue weighted by Crippen LogP contribution is -2.12. The molecule has 0 radical (unpaired) electrons. The fourth-order valence-electron chi connectivity index (χ4n) is 10.7. The lowest BCUT2D eigenvalue weighted by molar-refractivity contribution is 1.18. The summed E-state index contributed by atoms with van der Waals surface area (Å²) >= 11 is 0. The van der Waals surface area contributed by atoms with E-state index in [1.54, 1.807) is 0 Å². The van der Waals surface area contributed by atoms with Crippen molar-refractivity contribution in [1.29, 1.82) is 0 Å². The molecule has 0 aliphatic carbocycles. The Bertz CT molecular complexity index is 4030. The highest BCUT2D eigenvalue weighted by atomic mass is 15.1. The minimum Gasteiger partial charge on any atom is -0.309 e. The molecule has 0 fully saturated rings. The molecule has 0 saturated heterocycles. The van der Waals surface area contributed by atoms with E-state index in [0.29, 0.717) is 0 Å². The number of fused-ring (bicyclic) bond motifs is 7. The van der Waals surface area contributed by atoms with Crippen LogP contribution in [0.3, 0.4) is 0 Å². The van der Waals surface area contributed by atoms with Gasteiger partial charge in [0, 0.05) is 33.3 Å². The molecule has 0 amide bonds. The van der Waals surface area contributed by atoms with Crippen LogP contribution in [0.15, 0.2) is 267 Å². The first-order valence-electron chi connectivity index (χ1n) is 23.4. The smallest absolute Gasteiger partial charge is 0.0547 e. The van der Waals surface area contributed by atoms with E-state index < -0.39 is 0 Å². The molecule has 0 bridgehead atoms. The zero-order valence-electron chi connectivity index (χ0n) is 37.3. The summed E-state index contributed by atoms with van der Waals surface area (Å²) in [4.78, 5) is 2.50. The first-order valence-corrected chi connectivity index (χ1v) is 23.4. The van der Waals surface area contributed by atoms with Crippen LogP contribution >= 0.6 is 0 Å². The molecule has 0 unspecified atom stereocenters. The summed E-state index contributed by atoms with van der Waals surface area (Å²) in [6.45, 7) is 0. The van der Waals surface area contributed by atoms with Crippen LogP contribution < -0.4 is 4.90 Å². The van der Waals surface area contributed by atoms with Crippen LogP contribution in [0.2, 0.25) is 0 Å². The Morgan fingerprint density at radius 3 is 1.65 bits per heavy atom. The Hall–Kier alpha value is -8.98. The van der Waals surface area contributed by atoms with Gasteiger partial charge in [-0.15, -0.1) is 0 Å². The minimum atomic E-state index is 1.07. The number of nitrogens with zero attached hydrogens (tertiary/aromatic N) is 2. The van der Waals surface area contributed by atoms with Crippen LogP contribution in [0.25, 0.3) is 104 Å². The molecule has 2 heteroatoms. The van der Waals surface area contributed by atoms with Crippen molar-refractivity contribution < 1.29 is 0 Å². The van der Waals surface area contributed by atoms with Crippen molar-refractivity contribution in [2.24, 2.45) is 0 Å². The van der Waals surface area contributed by atoms with Gasteiger partial charge in [0.05, 0.1) is 22.4 Å². The van der Waals surface area contributed by atoms with Crippen molar-refractivity contribution in [3.8, 4) is 50.2 Å². The van der Waals surface area contributed by atoms with Crippen LogP contribution in [0.5, 0.6) is 0 Å². The molecular formula is C66H44N2. The van der Waals surface area contributed by atoms with Gasteiger partial charge >= 0.3 is 0 Å². The van der Waals surface area contributed by atoms with Gasteiger partial charge < -0.3 is 9.47 Å². The molecule has 13 rings (SSSR count). The maximum absolute atomic E-state index is 2.50. The largest absolute Gasteiger partial charge is 0.309 e. The molecule has 0 N–H and O–H groups in total. The highest BCUT2D eigenvalue weighted by molar-refractivity contribution is 6.14. The lowest BCUT2D eigenvalue weighted by atomic mass is 9.90. The van der Waals surface area contributed by atoms with Crippen molar-refractivity contribution in [2.75, 3.05) is 4.90 Å². The molecule has 0 saturated carbocycles. The molecule has 12 aromatic carbocycles. The lowest BCUT2D eigenvalue weighted by Gasteiger charge is -2.30. The molecule has 0 aliphatic heterocycles. The van der Waals surface area contributed by atoms with E-state index in [2.05, 4.69) is 276 Å². The summed E-state index contributed by atoms with van der Waals surface area (Å²) in [5.74, 6) is 0. The summed E-state index contributed by atoms with van der Waals surface area (Å²) in [6.07, 6.45) is 0. The van der Waals surface area contributed by atoms with Gasteiger partial charge in [0.2, 0.25) is 0 Å². The average Bonchev–Trinajstić information content (AvgIpc) is 3.75. The van der Waals surface area contributed by atoms with Gasteiger partial charge in [-0.3, -0.25) is 0 Å². The van der Waals surface area contributed by atoms with Crippen LogP contribution in [-0.4, -0.2) is 4.57 Å². The molecule has 1 aromatic heterocycles. The molecule has 0 aliphatic rings. The Morgan fingerprint density at radius 1 is 0.265 bits per heavy atom. The second-order valence-corrected chi connectivity index (χ2v) is 17.6. The van der Waals surface area contributed by atoms with E-state index in [1.165, 1.54) is 76.4 Å². The summed E-state index contributed by atoms with van der Waals surface area (Å²) in [7, 11) is 0. The monoisotopic (exact) mass is 864 g/mol. The van der Waals surface area contributed by atoms with Gasteiger partial charge in [-0.2, -0.15) is 0 Å². The van der Waals surface area contributed by atoms with E-state index in [9.17, 15) is 0 Å². The van der Waals surface area contributed by atoms with Crippen molar-refractivity contribution in [3.63, 3.8) is 0 Å². The highest BCUT2D eigenvalue weighted by Gasteiger charge is 2.23. The van der Waals surface area contributed by atoms with Crippen molar-refractivity contribution >= 4 is 71.2 Å². The topological polar surface area (TPSA) is 8.17 Å². The Kier molecular flexibility index (Phi) is 9.54. The number of benzene rings is 12. The molecule has 0 spiro atoms. The summed E-state index contributed by atoms with van der Waals surface area (Å²) < 4.78 is 2.41. The van der Waals surface area contributed by atoms with Gasteiger partial charge in [-0.25, -0.2) is 0 Å². The fraction of sp³-hybridized carbons (Fsp3) is 0. The van der Waals surface area contributed by atoms with Crippen LogP contribution in [0, 0.1) is 0 Å². The predicted octanol–water partition coefficient (Wildman–Crippen LogP) is 18.4. The molecule has 68 heavy (non-hydrogen) atoms. The summed E-state index contributed by atoms with van der Waals surface area (Å²) in [5, 5.41) is 9.92. The summed E-state index contributed by atoms with van der Waals surface area (Å²) in [5.41, 5.74) is 16.2. The van der Waals surface area contributed by atoms with Crippen LogP contribution in [0.4, 0.5) is 17.1 Å². The van der Waals surface area contributed by atoms with E-state index >= 15 is 0 Å². The third kappa shape index (κ3) is 6.57. The Morgan fingerprint density at radius 2 is 0.809 bits per heavy atom. The average molecular weight is 865 g/mol. The molecule has 13 aromatic rings.